The Balaban J connectivity index is 1.37. The van der Waals surface area contributed by atoms with Gasteiger partial charge in [-0.3, -0.25) is 24.6 Å². The highest BCUT2D eigenvalue weighted by molar-refractivity contribution is 14.1. The Hall–Kier alpha value is -3.15. The molecule has 0 spiro atoms. The molecule has 0 aliphatic heterocycles. The van der Waals surface area contributed by atoms with E-state index in [0.717, 1.165) is 34.8 Å². The zero-order chi connectivity index (χ0) is 28.9. The van der Waals surface area contributed by atoms with Gasteiger partial charge in [0.25, 0.3) is 5.56 Å². The van der Waals surface area contributed by atoms with Crippen LogP contribution in [0.3, 0.4) is 0 Å². The number of ether oxygens (including phenoxy) is 1. The van der Waals surface area contributed by atoms with Crippen LogP contribution in [0.2, 0.25) is 0 Å². The Kier molecular flexibility index (Phi) is 9.70. The molecule has 9 nitrogen and oxygen atoms in total. The van der Waals surface area contributed by atoms with Gasteiger partial charge in [0.15, 0.2) is 0 Å². The molecule has 4 N–H and O–H groups in total. The van der Waals surface area contributed by atoms with Crippen molar-refractivity contribution in [1.29, 1.82) is 0 Å². The minimum Gasteiger partial charge on any atom is -0.444 e. The molecule has 1 saturated carbocycles. The minimum atomic E-state index is -0.539. The van der Waals surface area contributed by atoms with E-state index in [2.05, 4.69) is 43.4 Å². The van der Waals surface area contributed by atoms with Gasteiger partial charge in [-0.05, 0) is 117 Å². The summed E-state index contributed by atoms with van der Waals surface area (Å²) in [6.07, 6.45) is 3.37. The summed E-state index contributed by atoms with van der Waals surface area (Å²) in [4.78, 5) is 50.6. The maximum Gasteiger partial charge on any atom is 0.407 e. The first kappa shape index (κ1) is 29.8. The number of benzene rings is 2. The number of aromatic amines is 2. The average Bonchev–Trinajstić information content (AvgIpc) is 3.27. The molecule has 1 aliphatic rings. The Morgan fingerprint density at radius 3 is 2.40 bits per heavy atom. The Morgan fingerprint density at radius 1 is 1.02 bits per heavy atom. The number of hydrogen-bond donors (Lipinski definition) is 4. The number of carbonyl (C=O) groups excluding carboxylic acids is 3. The van der Waals surface area contributed by atoms with Crippen LogP contribution < -0.4 is 16.2 Å². The first-order chi connectivity index (χ1) is 19.0. The summed E-state index contributed by atoms with van der Waals surface area (Å²) in [7, 11) is 0. The second-order valence-corrected chi connectivity index (χ2v) is 12.9. The van der Waals surface area contributed by atoms with Crippen molar-refractivity contribution in [1.82, 2.24) is 15.5 Å². The fourth-order valence-electron chi connectivity index (χ4n) is 5.16. The number of anilines is 1. The number of carbonyl (C=O) groups is 3. The van der Waals surface area contributed by atoms with Gasteiger partial charge in [0.1, 0.15) is 11.4 Å². The lowest BCUT2D eigenvalue weighted by Gasteiger charge is -2.29. The van der Waals surface area contributed by atoms with Crippen LogP contribution in [0.15, 0.2) is 47.3 Å². The molecule has 40 heavy (non-hydrogen) atoms. The summed E-state index contributed by atoms with van der Waals surface area (Å²) in [6, 6.07) is 13.0. The van der Waals surface area contributed by atoms with E-state index in [1.165, 1.54) is 0 Å². The molecule has 1 aliphatic carbocycles. The molecule has 2 aromatic carbocycles. The van der Waals surface area contributed by atoms with Gasteiger partial charge in [0.05, 0.1) is 10.9 Å². The van der Waals surface area contributed by atoms with Gasteiger partial charge in [-0.1, -0.05) is 12.1 Å². The normalized spacial score (nSPS) is 18.2. The van der Waals surface area contributed by atoms with Crippen molar-refractivity contribution in [2.45, 2.75) is 64.9 Å². The second-order valence-electron chi connectivity index (χ2n) is 11.6. The zero-order valence-corrected chi connectivity index (χ0v) is 25.3. The minimum absolute atomic E-state index is 0.0916. The number of nitrogens with one attached hydrogen (secondary N) is 4. The number of H-pyrrole nitrogens is 2. The molecule has 0 bridgehead atoms. The molecule has 214 valence electrons. The van der Waals surface area contributed by atoms with Gasteiger partial charge in [-0.25, -0.2) is 4.79 Å². The third-order valence-corrected chi connectivity index (χ3v) is 8.01. The van der Waals surface area contributed by atoms with Crippen molar-refractivity contribution >= 4 is 57.0 Å². The fourth-order valence-corrected chi connectivity index (χ4v) is 5.52. The van der Waals surface area contributed by atoms with Crippen LogP contribution >= 0.6 is 22.6 Å². The zero-order valence-electron chi connectivity index (χ0n) is 23.1. The standard InChI is InChI=1S/C30H37IN4O5/c1-30(2,3)40-29(39)32-17-19-4-8-20(9-5-19)26(36)15-21(14-18-6-10-22(31)11-7-18)27(37)33-23-12-13-24-25(16-23)34-35-28(24)38/h6-7,10-13,16,19-21H,4-5,8-9,14-15,17H2,1-3H3,(H,32,39)(H,33,37)(H2,34,35,38). The molecule has 10 heteroatoms. The number of amides is 2. The lowest BCUT2D eigenvalue weighted by molar-refractivity contribution is -0.129. The lowest BCUT2D eigenvalue weighted by Crippen LogP contribution is -2.37. The van der Waals surface area contributed by atoms with Crippen molar-refractivity contribution in [2.75, 3.05) is 11.9 Å². The maximum atomic E-state index is 13.4. The molecule has 1 unspecified atom stereocenters. The molecule has 4 rings (SSSR count). The van der Waals surface area contributed by atoms with E-state index in [-0.39, 0.29) is 29.6 Å². The molecule has 1 fully saturated rings. The first-order valence-electron chi connectivity index (χ1n) is 13.7. The Labute approximate surface area is 247 Å². The van der Waals surface area contributed by atoms with Crippen LogP contribution in [0.4, 0.5) is 10.5 Å². The lowest BCUT2D eigenvalue weighted by atomic mass is 9.77. The van der Waals surface area contributed by atoms with E-state index < -0.39 is 17.6 Å². The molecule has 1 atom stereocenters. The quantitative estimate of drug-likeness (QED) is 0.224. The van der Waals surface area contributed by atoms with Gasteiger partial charge >= 0.3 is 6.09 Å². The third kappa shape index (κ3) is 8.42. The van der Waals surface area contributed by atoms with Gasteiger partial charge < -0.3 is 15.4 Å². The summed E-state index contributed by atoms with van der Waals surface area (Å²) in [5, 5.41) is 11.7. The number of fused-ring (bicyclic) bond motifs is 1. The molecule has 0 saturated heterocycles. The summed E-state index contributed by atoms with van der Waals surface area (Å²) < 4.78 is 6.42. The van der Waals surface area contributed by atoms with Crippen LogP contribution in [0, 0.1) is 21.3 Å². The SMILES string of the molecule is CC(C)(C)OC(=O)NCC1CCC(C(=O)CC(Cc2ccc(I)cc2)C(=O)Nc2ccc3c(=O)[nH][nH]c3c2)CC1. The molecule has 0 radical (unpaired) electrons. The topological polar surface area (TPSA) is 133 Å². The monoisotopic (exact) mass is 660 g/mol. The number of halogens is 1. The predicted octanol–water partition coefficient (Wildman–Crippen LogP) is 5.55. The number of hydrogen-bond acceptors (Lipinski definition) is 5. The highest BCUT2D eigenvalue weighted by atomic mass is 127. The van der Waals surface area contributed by atoms with E-state index >= 15 is 0 Å². The number of rotatable bonds is 9. The summed E-state index contributed by atoms with van der Waals surface area (Å²) in [5.41, 5.74) is 1.40. The maximum absolute atomic E-state index is 13.4. The van der Waals surface area contributed by atoms with Crippen molar-refractivity contribution in [3.8, 4) is 0 Å². The van der Waals surface area contributed by atoms with E-state index in [9.17, 15) is 19.2 Å². The van der Waals surface area contributed by atoms with Gasteiger partial charge in [-0.15, -0.1) is 0 Å². The van der Waals surface area contributed by atoms with E-state index in [0.29, 0.717) is 35.5 Å². The molecule has 2 amide bonds. The number of alkyl carbamates (subject to hydrolysis) is 1. The van der Waals surface area contributed by atoms with Crippen LogP contribution in [-0.2, 0) is 20.7 Å². The van der Waals surface area contributed by atoms with Crippen LogP contribution in [0.25, 0.3) is 10.9 Å². The Morgan fingerprint density at radius 2 is 1.73 bits per heavy atom. The van der Waals surface area contributed by atoms with Crippen molar-refractivity contribution in [2.24, 2.45) is 17.8 Å². The average molecular weight is 661 g/mol. The number of ketones is 1. The predicted molar refractivity (Wildman–Crippen MR) is 163 cm³/mol. The molecular weight excluding hydrogens is 623 g/mol. The van der Waals surface area contributed by atoms with Gasteiger partial charge in [-0.2, -0.15) is 0 Å². The summed E-state index contributed by atoms with van der Waals surface area (Å²) in [5.74, 6) is -0.433. The van der Waals surface area contributed by atoms with Gasteiger partial charge in [0.2, 0.25) is 5.91 Å². The summed E-state index contributed by atoms with van der Waals surface area (Å²) in [6.45, 7) is 6.03. The van der Waals surface area contributed by atoms with Gasteiger partial charge in [0, 0.05) is 34.1 Å². The second kappa shape index (κ2) is 13.0. The molecule has 3 aromatic rings. The molecule has 1 heterocycles. The first-order valence-corrected chi connectivity index (χ1v) is 14.8. The largest absolute Gasteiger partial charge is 0.444 e. The smallest absolute Gasteiger partial charge is 0.407 e. The fraction of sp³-hybridized carbons (Fsp3) is 0.467. The summed E-state index contributed by atoms with van der Waals surface area (Å²) >= 11 is 2.24. The van der Waals surface area contributed by atoms with Crippen molar-refractivity contribution < 1.29 is 19.1 Å². The highest BCUT2D eigenvalue weighted by Crippen LogP contribution is 2.31. The molecular formula is C30H37IN4O5. The third-order valence-electron chi connectivity index (χ3n) is 7.29. The van der Waals surface area contributed by atoms with Crippen LogP contribution in [0.1, 0.15) is 58.4 Å². The van der Waals surface area contributed by atoms with E-state index in [1.54, 1.807) is 18.2 Å². The number of Topliss-reactive ketones (excluding diaryl/α,β-unsaturated/α-hetero) is 1. The Bertz CT molecular complexity index is 1400. The van der Waals surface area contributed by atoms with Crippen LogP contribution in [-0.4, -0.2) is 40.1 Å². The van der Waals surface area contributed by atoms with Crippen molar-refractivity contribution in [3.05, 3.63) is 62.0 Å². The van der Waals surface area contributed by atoms with E-state index in [4.69, 9.17) is 4.74 Å². The van der Waals surface area contributed by atoms with Crippen molar-refractivity contribution in [3.63, 3.8) is 0 Å². The molecule has 1 aromatic heterocycles. The van der Waals surface area contributed by atoms with Crippen LogP contribution in [0.5, 0.6) is 0 Å². The highest BCUT2D eigenvalue weighted by Gasteiger charge is 2.30. The number of aromatic nitrogens is 2. The van der Waals surface area contributed by atoms with E-state index in [1.807, 2.05) is 45.0 Å².